The molecule has 1 rings (SSSR count). The maximum Gasteiger partial charge on any atom is 0.0239 e. The van der Waals surface area contributed by atoms with Crippen molar-refractivity contribution in [1.29, 1.82) is 0 Å². The topological polar surface area (TPSA) is 15.3 Å². The second-order valence-electron chi connectivity index (χ2n) is 5.59. The lowest BCUT2D eigenvalue weighted by molar-refractivity contribution is 0.205. The molecular weight excluding hydrogens is 244 g/mol. The Bertz CT molecular complexity index is 362. The van der Waals surface area contributed by atoms with Gasteiger partial charge in [-0.2, -0.15) is 0 Å². The summed E-state index contributed by atoms with van der Waals surface area (Å²) in [7, 11) is 0. The molecule has 0 saturated heterocycles. The van der Waals surface area contributed by atoms with Crippen LogP contribution in [0.5, 0.6) is 0 Å². The van der Waals surface area contributed by atoms with Crippen molar-refractivity contribution in [2.24, 2.45) is 0 Å². The predicted octanol–water partition coefficient (Wildman–Crippen LogP) is 3.85. The Morgan fingerprint density at radius 1 is 1.05 bits per heavy atom. The summed E-state index contributed by atoms with van der Waals surface area (Å²) in [6.45, 7) is 13.5. The molecule has 20 heavy (non-hydrogen) atoms. The third kappa shape index (κ3) is 5.64. The molecule has 0 bridgehead atoms. The summed E-state index contributed by atoms with van der Waals surface area (Å²) < 4.78 is 0. The smallest absolute Gasteiger partial charge is 0.0239 e. The summed E-state index contributed by atoms with van der Waals surface area (Å²) in [5.41, 5.74) is 2.99. The molecule has 0 saturated carbocycles. The fraction of sp³-hybridized carbons (Fsp3) is 0.667. The number of nitrogens with zero attached hydrogens (tertiary/aromatic N) is 1. The van der Waals surface area contributed by atoms with Crippen LogP contribution in [0.1, 0.15) is 51.7 Å². The van der Waals surface area contributed by atoms with Crippen molar-refractivity contribution in [1.82, 2.24) is 10.2 Å². The summed E-state index contributed by atoms with van der Waals surface area (Å²) >= 11 is 0. The van der Waals surface area contributed by atoms with E-state index in [1.54, 1.807) is 0 Å². The third-order valence-electron chi connectivity index (χ3n) is 4.11. The van der Waals surface area contributed by atoms with Crippen molar-refractivity contribution in [3.05, 3.63) is 35.4 Å². The molecule has 0 amide bonds. The molecule has 0 aliphatic heterocycles. The molecule has 1 aromatic rings. The van der Waals surface area contributed by atoms with Gasteiger partial charge >= 0.3 is 0 Å². The summed E-state index contributed by atoms with van der Waals surface area (Å²) in [4.78, 5) is 2.57. The molecule has 0 aliphatic carbocycles. The zero-order chi connectivity index (χ0) is 14.8. The largest absolute Gasteiger partial charge is 0.316 e. The van der Waals surface area contributed by atoms with Gasteiger partial charge in [0.05, 0.1) is 0 Å². The first-order valence-corrected chi connectivity index (χ1v) is 8.24. The van der Waals surface area contributed by atoms with E-state index in [1.807, 2.05) is 0 Å². The van der Waals surface area contributed by atoms with Crippen LogP contribution in [0.3, 0.4) is 0 Å². The van der Waals surface area contributed by atoms with Crippen LogP contribution in [-0.4, -0.2) is 30.6 Å². The zero-order valence-corrected chi connectivity index (χ0v) is 13.8. The first-order chi connectivity index (χ1) is 9.72. The monoisotopic (exact) mass is 276 g/mol. The lowest BCUT2D eigenvalue weighted by atomic mass is 10.0. The summed E-state index contributed by atoms with van der Waals surface area (Å²) in [6, 6.07) is 9.57. The average molecular weight is 276 g/mol. The first kappa shape index (κ1) is 17.2. The summed E-state index contributed by atoms with van der Waals surface area (Å²) in [6.07, 6.45) is 3.56. The van der Waals surface area contributed by atoms with Crippen LogP contribution in [0.2, 0.25) is 0 Å². The molecule has 2 nitrogen and oxygen atoms in total. The highest BCUT2D eigenvalue weighted by molar-refractivity contribution is 5.27. The van der Waals surface area contributed by atoms with Crippen molar-refractivity contribution >= 4 is 0 Å². The number of benzene rings is 1. The Balaban J connectivity index is 2.64. The fourth-order valence-electron chi connectivity index (χ4n) is 2.54. The summed E-state index contributed by atoms with van der Waals surface area (Å²) in [5.74, 6) is 0. The SMILES string of the molecule is CCCNCCc1ccccc1CN(CC)C(C)CC. The maximum atomic E-state index is 3.50. The van der Waals surface area contributed by atoms with E-state index in [1.165, 1.54) is 24.0 Å². The van der Waals surface area contributed by atoms with E-state index in [0.717, 1.165) is 32.6 Å². The van der Waals surface area contributed by atoms with Crippen LogP contribution < -0.4 is 5.32 Å². The number of hydrogen-bond donors (Lipinski definition) is 1. The molecule has 0 spiro atoms. The van der Waals surface area contributed by atoms with Gasteiger partial charge in [-0.05, 0) is 56.9 Å². The normalized spacial score (nSPS) is 12.8. The Kier molecular flexibility index (Phi) is 8.56. The molecular formula is C18H32N2. The van der Waals surface area contributed by atoms with Gasteiger partial charge in [-0.15, -0.1) is 0 Å². The fourth-order valence-corrected chi connectivity index (χ4v) is 2.54. The molecule has 0 radical (unpaired) electrons. The maximum absolute atomic E-state index is 3.50. The molecule has 1 N–H and O–H groups in total. The highest BCUT2D eigenvalue weighted by Gasteiger charge is 2.12. The van der Waals surface area contributed by atoms with Crippen LogP contribution in [-0.2, 0) is 13.0 Å². The number of nitrogens with one attached hydrogen (secondary N) is 1. The van der Waals surface area contributed by atoms with E-state index >= 15 is 0 Å². The second kappa shape index (κ2) is 9.95. The standard InChI is InChI=1S/C18H32N2/c1-5-13-19-14-12-17-10-8-9-11-18(17)15-20(7-3)16(4)6-2/h8-11,16,19H,5-7,12-15H2,1-4H3. The van der Waals surface area contributed by atoms with Crippen molar-refractivity contribution < 1.29 is 0 Å². The lowest BCUT2D eigenvalue weighted by Crippen LogP contribution is -2.32. The highest BCUT2D eigenvalue weighted by Crippen LogP contribution is 2.15. The van der Waals surface area contributed by atoms with Crippen molar-refractivity contribution in [3.8, 4) is 0 Å². The van der Waals surface area contributed by atoms with Gasteiger partial charge < -0.3 is 5.32 Å². The van der Waals surface area contributed by atoms with Gasteiger partial charge in [0.2, 0.25) is 0 Å². The van der Waals surface area contributed by atoms with Gasteiger partial charge in [0, 0.05) is 12.6 Å². The van der Waals surface area contributed by atoms with Gasteiger partial charge in [-0.3, -0.25) is 4.90 Å². The van der Waals surface area contributed by atoms with Crippen LogP contribution in [0, 0.1) is 0 Å². The molecule has 2 heteroatoms. The quantitative estimate of drug-likeness (QED) is 0.653. The first-order valence-electron chi connectivity index (χ1n) is 8.24. The van der Waals surface area contributed by atoms with Gasteiger partial charge in [0.15, 0.2) is 0 Å². The predicted molar refractivity (Wildman–Crippen MR) is 89.1 cm³/mol. The van der Waals surface area contributed by atoms with Crippen LogP contribution in [0.25, 0.3) is 0 Å². The Morgan fingerprint density at radius 2 is 1.75 bits per heavy atom. The molecule has 1 unspecified atom stereocenters. The van der Waals surface area contributed by atoms with Gasteiger partial charge in [-0.1, -0.05) is 45.0 Å². The van der Waals surface area contributed by atoms with Gasteiger partial charge in [0.25, 0.3) is 0 Å². The van der Waals surface area contributed by atoms with Crippen molar-refractivity contribution in [2.45, 2.75) is 59.5 Å². The number of rotatable bonds is 10. The van der Waals surface area contributed by atoms with E-state index in [0.29, 0.717) is 6.04 Å². The molecule has 0 fully saturated rings. The van der Waals surface area contributed by atoms with E-state index in [4.69, 9.17) is 0 Å². The van der Waals surface area contributed by atoms with E-state index in [9.17, 15) is 0 Å². The highest BCUT2D eigenvalue weighted by atomic mass is 15.1. The Morgan fingerprint density at radius 3 is 2.35 bits per heavy atom. The number of hydrogen-bond acceptors (Lipinski definition) is 2. The van der Waals surface area contributed by atoms with Crippen LogP contribution in [0.4, 0.5) is 0 Å². The van der Waals surface area contributed by atoms with Crippen molar-refractivity contribution in [2.75, 3.05) is 19.6 Å². The van der Waals surface area contributed by atoms with E-state index in [-0.39, 0.29) is 0 Å². The molecule has 114 valence electrons. The zero-order valence-electron chi connectivity index (χ0n) is 13.8. The van der Waals surface area contributed by atoms with E-state index < -0.39 is 0 Å². The minimum Gasteiger partial charge on any atom is -0.316 e. The lowest BCUT2D eigenvalue weighted by Gasteiger charge is -2.28. The van der Waals surface area contributed by atoms with Crippen LogP contribution in [0.15, 0.2) is 24.3 Å². The van der Waals surface area contributed by atoms with Crippen molar-refractivity contribution in [3.63, 3.8) is 0 Å². The third-order valence-corrected chi connectivity index (χ3v) is 4.11. The molecule has 1 atom stereocenters. The van der Waals surface area contributed by atoms with Gasteiger partial charge in [-0.25, -0.2) is 0 Å². The average Bonchev–Trinajstić information content (AvgIpc) is 2.49. The second-order valence-corrected chi connectivity index (χ2v) is 5.59. The Hall–Kier alpha value is -0.860. The minimum atomic E-state index is 0.659. The molecule has 1 aromatic carbocycles. The molecule has 0 heterocycles. The summed E-state index contributed by atoms with van der Waals surface area (Å²) in [5, 5.41) is 3.50. The van der Waals surface area contributed by atoms with Crippen LogP contribution >= 0.6 is 0 Å². The Labute approximate surface area is 125 Å². The van der Waals surface area contributed by atoms with E-state index in [2.05, 4.69) is 62.2 Å². The molecule has 0 aliphatic rings. The molecule has 0 aromatic heterocycles. The van der Waals surface area contributed by atoms with Gasteiger partial charge in [0.1, 0.15) is 0 Å². The minimum absolute atomic E-state index is 0.659.